The van der Waals surface area contributed by atoms with Crippen molar-refractivity contribution in [2.45, 2.75) is 19.8 Å². The molecule has 30 heavy (non-hydrogen) atoms. The summed E-state index contributed by atoms with van der Waals surface area (Å²) in [6.45, 7) is 3.59. The summed E-state index contributed by atoms with van der Waals surface area (Å²) in [4.78, 5) is 38.2. The zero-order valence-corrected chi connectivity index (χ0v) is 17.6. The summed E-state index contributed by atoms with van der Waals surface area (Å²) in [6.07, 6.45) is 0.768. The lowest BCUT2D eigenvalue weighted by Crippen LogP contribution is -2.38. The van der Waals surface area contributed by atoms with E-state index < -0.39 is 0 Å². The first-order valence-electron chi connectivity index (χ1n) is 9.84. The van der Waals surface area contributed by atoms with Crippen molar-refractivity contribution in [3.63, 3.8) is 0 Å². The van der Waals surface area contributed by atoms with Gasteiger partial charge in [0.2, 0.25) is 11.8 Å². The highest BCUT2D eigenvalue weighted by Gasteiger charge is 2.17. The maximum absolute atomic E-state index is 12.4. The Kier molecular flexibility index (Phi) is 7.67. The fourth-order valence-electron chi connectivity index (χ4n) is 2.97. The van der Waals surface area contributed by atoms with Gasteiger partial charge in [0, 0.05) is 42.2 Å². The predicted octanol–water partition coefficient (Wildman–Crippen LogP) is 2.52. The van der Waals surface area contributed by atoms with E-state index in [1.807, 2.05) is 12.3 Å². The molecule has 160 valence electrons. The van der Waals surface area contributed by atoms with Crippen LogP contribution < -0.4 is 20.1 Å². The van der Waals surface area contributed by atoms with E-state index in [1.165, 1.54) is 16.2 Å². The van der Waals surface area contributed by atoms with Gasteiger partial charge in [0.05, 0.1) is 6.54 Å². The number of amides is 3. The fourth-order valence-corrected chi connectivity index (χ4v) is 3.60. The van der Waals surface area contributed by atoms with E-state index in [4.69, 9.17) is 9.47 Å². The van der Waals surface area contributed by atoms with Gasteiger partial charge in [-0.3, -0.25) is 14.4 Å². The number of thiophene rings is 1. The van der Waals surface area contributed by atoms with Gasteiger partial charge in [0.15, 0.2) is 11.5 Å². The second-order valence-corrected chi connectivity index (χ2v) is 7.47. The predicted molar refractivity (Wildman–Crippen MR) is 114 cm³/mol. The SMILES string of the molecule is CCN(CC(=O)Nc1ccc2c(c1)OCCO2)C(=O)CCCNC(=O)c1ccsc1. The summed E-state index contributed by atoms with van der Waals surface area (Å²) in [5.74, 6) is 0.685. The minimum atomic E-state index is -0.285. The topological polar surface area (TPSA) is 97.0 Å². The van der Waals surface area contributed by atoms with Crippen molar-refractivity contribution in [2.24, 2.45) is 0 Å². The van der Waals surface area contributed by atoms with Crippen LogP contribution in [0.4, 0.5) is 5.69 Å². The summed E-state index contributed by atoms with van der Waals surface area (Å²) in [6, 6.07) is 6.95. The molecule has 3 rings (SSSR count). The van der Waals surface area contributed by atoms with Gasteiger partial charge in [0.25, 0.3) is 5.91 Å². The Labute approximate surface area is 179 Å². The van der Waals surface area contributed by atoms with Gasteiger partial charge in [-0.1, -0.05) is 0 Å². The third-order valence-corrected chi connectivity index (χ3v) is 5.21. The van der Waals surface area contributed by atoms with Gasteiger partial charge in [0.1, 0.15) is 13.2 Å². The monoisotopic (exact) mass is 431 g/mol. The highest BCUT2D eigenvalue weighted by atomic mass is 32.1. The Morgan fingerprint density at radius 2 is 1.93 bits per heavy atom. The lowest BCUT2D eigenvalue weighted by Gasteiger charge is -2.21. The molecule has 0 unspecified atom stereocenters. The number of nitrogens with zero attached hydrogens (tertiary/aromatic N) is 1. The van der Waals surface area contributed by atoms with Crippen molar-refractivity contribution >= 4 is 34.7 Å². The average Bonchev–Trinajstić information content (AvgIpc) is 3.29. The van der Waals surface area contributed by atoms with Crippen molar-refractivity contribution < 1.29 is 23.9 Å². The second-order valence-electron chi connectivity index (χ2n) is 6.69. The molecule has 1 aliphatic heterocycles. The minimum absolute atomic E-state index is 0.0367. The molecule has 0 radical (unpaired) electrons. The van der Waals surface area contributed by atoms with Crippen LogP contribution in [0.1, 0.15) is 30.1 Å². The summed E-state index contributed by atoms with van der Waals surface area (Å²) < 4.78 is 11.0. The van der Waals surface area contributed by atoms with E-state index in [1.54, 1.807) is 29.6 Å². The number of anilines is 1. The molecular formula is C21H25N3O5S. The van der Waals surface area contributed by atoms with Gasteiger partial charge in [-0.05, 0) is 36.9 Å². The van der Waals surface area contributed by atoms with Crippen LogP contribution in [0.3, 0.4) is 0 Å². The molecule has 8 nitrogen and oxygen atoms in total. The van der Waals surface area contributed by atoms with Crippen LogP contribution in [0.2, 0.25) is 0 Å². The highest BCUT2D eigenvalue weighted by Crippen LogP contribution is 2.32. The van der Waals surface area contributed by atoms with Crippen molar-refractivity contribution in [3.8, 4) is 11.5 Å². The lowest BCUT2D eigenvalue weighted by atomic mass is 10.2. The molecule has 0 bridgehead atoms. The quantitative estimate of drug-likeness (QED) is 0.595. The third kappa shape index (κ3) is 5.96. The molecule has 0 saturated heterocycles. The number of carbonyl (C=O) groups excluding carboxylic acids is 3. The number of rotatable bonds is 9. The number of hydrogen-bond donors (Lipinski definition) is 2. The number of nitrogens with one attached hydrogen (secondary N) is 2. The van der Waals surface area contributed by atoms with E-state index in [2.05, 4.69) is 10.6 Å². The Hall–Kier alpha value is -3.07. The number of likely N-dealkylation sites (N-methyl/N-ethyl adjacent to an activating group) is 1. The largest absolute Gasteiger partial charge is 0.486 e. The van der Waals surface area contributed by atoms with E-state index in [0.717, 1.165) is 0 Å². The van der Waals surface area contributed by atoms with Gasteiger partial charge < -0.3 is 25.0 Å². The Morgan fingerprint density at radius 3 is 2.67 bits per heavy atom. The van der Waals surface area contributed by atoms with Crippen molar-refractivity contribution in [3.05, 3.63) is 40.6 Å². The van der Waals surface area contributed by atoms with E-state index in [-0.39, 0.29) is 30.7 Å². The first-order chi connectivity index (χ1) is 14.6. The Morgan fingerprint density at radius 1 is 1.13 bits per heavy atom. The molecule has 1 aliphatic rings. The molecular weight excluding hydrogens is 406 g/mol. The van der Waals surface area contributed by atoms with Crippen molar-refractivity contribution in [1.82, 2.24) is 10.2 Å². The number of hydrogen-bond acceptors (Lipinski definition) is 6. The summed E-state index contributed by atoms with van der Waals surface area (Å²) >= 11 is 1.46. The molecule has 2 aromatic rings. The number of ether oxygens (including phenoxy) is 2. The fraction of sp³-hybridized carbons (Fsp3) is 0.381. The zero-order chi connectivity index (χ0) is 21.3. The Bertz CT molecular complexity index is 885. The Balaban J connectivity index is 1.41. The number of carbonyl (C=O) groups is 3. The molecule has 1 aromatic heterocycles. The average molecular weight is 432 g/mol. The molecule has 1 aromatic carbocycles. The minimum Gasteiger partial charge on any atom is -0.486 e. The molecule has 0 aliphatic carbocycles. The van der Waals surface area contributed by atoms with Gasteiger partial charge in [-0.2, -0.15) is 11.3 Å². The molecule has 0 fully saturated rings. The van der Waals surface area contributed by atoms with Gasteiger partial charge in [-0.25, -0.2) is 0 Å². The summed E-state index contributed by atoms with van der Waals surface area (Å²) in [7, 11) is 0. The normalized spacial score (nSPS) is 12.2. The van der Waals surface area contributed by atoms with E-state index in [0.29, 0.717) is 55.5 Å². The van der Waals surface area contributed by atoms with Crippen LogP contribution in [-0.2, 0) is 9.59 Å². The van der Waals surface area contributed by atoms with Crippen molar-refractivity contribution in [2.75, 3.05) is 38.2 Å². The zero-order valence-electron chi connectivity index (χ0n) is 16.8. The third-order valence-electron chi connectivity index (χ3n) is 4.53. The first-order valence-corrected chi connectivity index (χ1v) is 10.8. The molecule has 9 heteroatoms. The summed E-state index contributed by atoms with van der Waals surface area (Å²) in [5, 5.41) is 9.19. The molecule has 2 N–H and O–H groups in total. The van der Waals surface area contributed by atoms with Crippen LogP contribution in [0.15, 0.2) is 35.0 Å². The van der Waals surface area contributed by atoms with Crippen LogP contribution >= 0.6 is 11.3 Å². The lowest BCUT2D eigenvalue weighted by molar-refractivity contribution is -0.134. The standard InChI is InChI=1S/C21H25N3O5S/c1-2-24(20(26)4-3-8-22-21(27)15-7-11-30-14-15)13-19(25)23-16-5-6-17-18(12-16)29-10-9-28-17/h5-7,11-12,14H,2-4,8-10,13H2,1H3,(H,22,27)(H,23,25). The van der Waals surface area contributed by atoms with Crippen LogP contribution in [-0.4, -0.2) is 55.5 Å². The summed E-state index contributed by atoms with van der Waals surface area (Å²) in [5.41, 5.74) is 1.21. The molecule has 0 atom stereocenters. The van der Waals surface area contributed by atoms with Crippen LogP contribution in [0.5, 0.6) is 11.5 Å². The molecule has 0 saturated carbocycles. The smallest absolute Gasteiger partial charge is 0.252 e. The van der Waals surface area contributed by atoms with Gasteiger partial charge >= 0.3 is 0 Å². The van der Waals surface area contributed by atoms with Crippen molar-refractivity contribution in [1.29, 1.82) is 0 Å². The first kappa shape index (κ1) is 21.6. The molecule has 0 spiro atoms. The molecule has 2 heterocycles. The van der Waals surface area contributed by atoms with Crippen LogP contribution in [0.25, 0.3) is 0 Å². The highest BCUT2D eigenvalue weighted by molar-refractivity contribution is 7.08. The van der Waals surface area contributed by atoms with E-state index >= 15 is 0 Å². The van der Waals surface area contributed by atoms with Crippen LogP contribution in [0, 0.1) is 0 Å². The molecule has 3 amide bonds. The maximum Gasteiger partial charge on any atom is 0.252 e. The number of fused-ring (bicyclic) bond motifs is 1. The number of benzene rings is 1. The second kappa shape index (κ2) is 10.6. The van der Waals surface area contributed by atoms with Gasteiger partial charge in [-0.15, -0.1) is 0 Å². The maximum atomic E-state index is 12.4. The van der Waals surface area contributed by atoms with E-state index in [9.17, 15) is 14.4 Å².